The van der Waals surface area contributed by atoms with Crippen LogP contribution in [0.1, 0.15) is 25.7 Å². The molecule has 0 unspecified atom stereocenters. The van der Waals surface area contributed by atoms with Gasteiger partial charge in [0.15, 0.2) is 0 Å². The summed E-state index contributed by atoms with van der Waals surface area (Å²) in [6.45, 7) is 0.648. The summed E-state index contributed by atoms with van der Waals surface area (Å²) in [6.07, 6.45) is 3.33. The lowest BCUT2D eigenvalue weighted by Gasteiger charge is -2.05. The normalized spacial score (nSPS) is 11.4. The molecule has 18 heavy (non-hydrogen) atoms. The van der Waals surface area contributed by atoms with E-state index in [2.05, 4.69) is 15.9 Å². The van der Waals surface area contributed by atoms with Crippen molar-refractivity contribution in [3.8, 4) is 5.75 Å². The van der Waals surface area contributed by atoms with Crippen molar-refractivity contribution in [3.63, 3.8) is 0 Å². The molecule has 0 aromatic heterocycles. The van der Waals surface area contributed by atoms with E-state index in [0.29, 0.717) is 13.0 Å². The van der Waals surface area contributed by atoms with E-state index in [1.165, 1.54) is 0 Å². The summed E-state index contributed by atoms with van der Waals surface area (Å²) in [4.78, 5) is 0. The average Bonchev–Trinajstić information content (AvgIpc) is 2.29. The van der Waals surface area contributed by atoms with Crippen LogP contribution < -0.4 is 4.74 Å². The van der Waals surface area contributed by atoms with Crippen molar-refractivity contribution in [2.75, 3.05) is 12.4 Å². The molecule has 0 N–H and O–H groups in total. The van der Waals surface area contributed by atoms with Gasteiger partial charge in [-0.3, -0.25) is 0 Å². The minimum Gasteiger partial charge on any atom is -0.494 e. The largest absolute Gasteiger partial charge is 0.494 e. The number of rotatable bonds is 8. The Hall–Kier alpha value is -0.260. The smallest absolute Gasteiger partial charge is 0.232 e. The Balaban J connectivity index is 2.04. The van der Waals surface area contributed by atoms with Crippen LogP contribution >= 0.6 is 26.6 Å². The van der Waals surface area contributed by atoms with Gasteiger partial charge in [0.1, 0.15) is 5.75 Å². The third kappa shape index (κ3) is 7.95. The summed E-state index contributed by atoms with van der Waals surface area (Å²) in [5.41, 5.74) is 0. The lowest BCUT2D eigenvalue weighted by molar-refractivity contribution is 0.305. The number of unbranched alkanes of at least 4 members (excludes halogenated alkanes) is 3. The number of halogens is 2. The van der Waals surface area contributed by atoms with E-state index in [0.717, 1.165) is 29.5 Å². The molecule has 0 spiro atoms. The van der Waals surface area contributed by atoms with Crippen LogP contribution in [0.2, 0.25) is 0 Å². The van der Waals surface area contributed by atoms with Gasteiger partial charge in [0.25, 0.3) is 0 Å². The molecular formula is C12H16BrClO3S. The molecule has 0 bridgehead atoms. The van der Waals surface area contributed by atoms with Crippen LogP contribution in [0, 0.1) is 0 Å². The molecule has 0 saturated heterocycles. The van der Waals surface area contributed by atoms with E-state index >= 15 is 0 Å². The minimum absolute atomic E-state index is 0.0577. The van der Waals surface area contributed by atoms with Gasteiger partial charge in [-0.25, -0.2) is 8.42 Å². The van der Waals surface area contributed by atoms with Crippen LogP contribution in [0.5, 0.6) is 5.75 Å². The Morgan fingerprint density at radius 2 is 1.67 bits per heavy atom. The van der Waals surface area contributed by atoms with Crippen LogP contribution in [0.3, 0.4) is 0 Å². The number of benzene rings is 1. The third-order valence-electron chi connectivity index (χ3n) is 2.36. The summed E-state index contributed by atoms with van der Waals surface area (Å²) < 4.78 is 27.9. The highest BCUT2D eigenvalue weighted by molar-refractivity contribution is 9.10. The van der Waals surface area contributed by atoms with Gasteiger partial charge in [0, 0.05) is 15.2 Å². The molecule has 0 aliphatic rings. The summed E-state index contributed by atoms with van der Waals surface area (Å²) in [5.74, 6) is 0.906. The van der Waals surface area contributed by atoms with E-state index in [4.69, 9.17) is 15.4 Å². The predicted molar refractivity (Wildman–Crippen MR) is 77.7 cm³/mol. The highest BCUT2D eigenvalue weighted by Crippen LogP contribution is 2.16. The molecule has 1 aromatic carbocycles. The van der Waals surface area contributed by atoms with Crippen LogP contribution in [0.4, 0.5) is 0 Å². The fourth-order valence-corrected chi connectivity index (χ4v) is 2.59. The number of hydrogen-bond donors (Lipinski definition) is 0. The molecule has 0 heterocycles. The van der Waals surface area contributed by atoms with Crippen LogP contribution in [0.25, 0.3) is 0 Å². The SMILES string of the molecule is O=S(=O)(Cl)CCCCCCOc1ccc(Br)cc1. The first kappa shape index (κ1) is 15.8. The minimum atomic E-state index is -3.33. The first-order chi connectivity index (χ1) is 8.47. The third-order valence-corrected chi connectivity index (χ3v) is 4.13. The van der Waals surface area contributed by atoms with E-state index < -0.39 is 9.05 Å². The molecular weight excluding hydrogens is 340 g/mol. The number of hydrogen-bond acceptors (Lipinski definition) is 3. The molecule has 0 saturated carbocycles. The maximum atomic E-state index is 10.7. The van der Waals surface area contributed by atoms with E-state index in [9.17, 15) is 8.42 Å². The molecule has 0 atom stereocenters. The Bertz CT molecular complexity index is 445. The van der Waals surface area contributed by atoms with Gasteiger partial charge < -0.3 is 4.74 Å². The van der Waals surface area contributed by atoms with E-state index in [1.54, 1.807) is 0 Å². The lowest BCUT2D eigenvalue weighted by atomic mass is 10.2. The van der Waals surface area contributed by atoms with Crippen molar-refractivity contribution < 1.29 is 13.2 Å². The second kappa shape index (κ2) is 8.02. The second-order valence-electron chi connectivity index (χ2n) is 3.96. The predicted octanol–water partition coefficient (Wildman–Crippen LogP) is 3.96. The molecule has 0 aliphatic heterocycles. The molecule has 1 rings (SSSR count). The number of ether oxygens (including phenoxy) is 1. The molecule has 6 heteroatoms. The van der Waals surface area contributed by atoms with Gasteiger partial charge in [0.05, 0.1) is 12.4 Å². The Kier molecular flexibility index (Phi) is 7.04. The van der Waals surface area contributed by atoms with Crippen LogP contribution in [-0.4, -0.2) is 20.8 Å². The molecule has 102 valence electrons. The molecule has 0 fully saturated rings. The Morgan fingerprint density at radius 1 is 1.06 bits per heavy atom. The topological polar surface area (TPSA) is 43.4 Å². The Labute approximate surface area is 121 Å². The van der Waals surface area contributed by atoms with Crippen molar-refractivity contribution in [3.05, 3.63) is 28.7 Å². The maximum Gasteiger partial charge on any atom is 0.232 e. The molecule has 0 aliphatic carbocycles. The zero-order valence-electron chi connectivity index (χ0n) is 9.94. The quantitative estimate of drug-likeness (QED) is 0.524. The van der Waals surface area contributed by atoms with Crippen molar-refractivity contribution in [2.24, 2.45) is 0 Å². The monoisotopic (exact) mass is 354 g/mol. The van der Waals surface area contributed by atoms with E-state index in [1.807, 2.05) is 24.3 Å². The van der Waals surface area contributed by atoms with Crippen molar-refractivity contribution in [1.29, 1.82) is 0 Å². The van der Waals surface area contributed by atoms with Gasteiger partial charge in [-0.1, -0.05) is 28.8 Å². The fraction of sp³-hybridized carbons (Fsp3) is 0.500. The Morgan fingerprint density at radius 3 is 2.28 bits per heavy atom. The second-order valence-corrected chi connectivity index (χ2v) is 7.77. The molecule has 1 aromatic rings. The van der Waals surface area contributed by atoms with Gasteiger partial charge in [-0.15, -0.1) is 0 Å². The molecule has 0 amide bonds. The van der Waals surface area contributed by atoms with Gasteiger partial charge >= 0.3 is 0 Å². The zero-order valence-corrected chi connectivity index (χ0v) is 13.1. The van der Waals surface area contributed by atoms with Gasteiger partial charge in [0.2, 0.25) is 9.05 Å². The van der Waals surface area contributed by atoms with E-state index in [-0.39, 0.29) is 5.75 Å². The van der Waals surface area contributed by atoms with Crippen LogP contribution in [0.15, 0.2) is 28.7 Å². The highest BCUT2D eigenvalue weighted by atomic mass is 79.9. The summed E-state index contributed by atoms with van der Waals surface area (Å²) >= 11 is 3.36. The fourth-order valence-electron chi connectivity index (χ4n) is 1.45. The van der Waals surface area contributed by atoms with Gasteiger partial charge in [-0.05, 0) is 37.1 Å². The van der Waals surface area contributed by atoms with Crippen molar-refractivity contribution in [1.82, 2.24) is 0 Å². The summed E-state index contributed by atoms with van der Waals surface area (Å²) in [6, 6.07) is 7.68. The average molecular weight is 356 g/mol. The summed E-state index contributed by atoms with van der Waals surface area (Å²) in [5, 5.41) is 0. The summed E-state index contributed by atoms with van der Waals surface area (Å²) in [7, 11) is 1.78. The highest BCUT2D eigenvalue weighted by Gasteiger charge is 2.03. The first-order valence-corrected chi connectivity index (χ1v) is 9.05. The maximum absolute atomic E-state index is 10.7. The lowest BCUT2D eigenvalue weighted by Crippen LogP contribution is -1.99. The van der Waals surface area contributed by atoms with Gasteiger partial charge in [-0.2, -0.15) is 0 Å². The van der Waals surface area contributed by atoms with Crippen molar-refractivity contribution in [2.45, 2.75) is 25.7 Å². The zero-order chi connectivity index (χ0) is 13.4. The standard InChI is InChI=1S/C12H16BrClO3S/c13-11-5-7-12(8-6-11)17-9-3-1-2-4-10-18(14,15)16/h5-8H,1-4,9-10H2. The first-order valence-electron chi connectivity index (χ1n) is 5.78. The van der Waals surface area contributed by atoms with Crippen molar-refractivity contribution >= 4 is 35.7 Å². The van der Waals surface area contributed by atoms with Crippen LogP contribution in [-0.2, 0) is 9.05 Å². The molecule has 3 nitrogen and oxygen atoms in total. The molecule has 0 radical (unpaired) electrons.